The number of alkyl halides is 2. The molecule has 1 saturated carbocycles. The van der Waals surface area contributed by atoms with Gasteiger partial charge in [-0.15, -0.1) is 0 Å². The highest BCUT2D eigenvalue weighted by molar-refractivity contribution is 6.32. The minimum absolute atomic E-state index is 0.0415. The van der Waals surface area contributed by atoms with E-state index in [-0.39, 0.29) is 17.5 Å². The second-order valence-electron chi connectivity index (χ2n) is 7.29. The number of carbonyl (C=O) groups excluding carboxylic acids is 1. The minimum atomic E-state index is -2.79. The van der Waals surface area contributed by atoms with Gasteiger partial charge < -0.3 is 5.32 Å². The first-order valence-electron chi connectivity index (χ1n) is 9.45. The van der Waals surface area contributed by atoms with Crippen molar-refractivity contribution in [2.75, 3.05) is 5.32 Å². The summed E-state index contributed by atoms with van der Waals surface area (Å²) in [7, 11) is 0. The molecule has 158 valence electrons. The van der Waals surface area contributed by atoms with Crippen LogP contribution in [0.15, 0.2) is 30.3 Å². The van der Waals surface area contributed by atoms with Crippen molar-refractivity contribution < 1.29 is 13.6 Å². The van der Waals surface area contributed by atoms with Crippen LogP contribution < -0.4 is 5.32 Å². The SMILES string of the molecule is Cc1cc(NC(=O)Cn2nc(C(F)F)c(Cl)c2C2CC2)nn1Cc1ccccc1Cl. The van der Waals surface area contributed by atoms with Crippen molar-refractivity contribution in [1.29, 1.82) is 0 Å². The van der Waals surface area contributed by atoms with Crippen molar-refractivity contribution in [1.82, 2.24) is 19.6 Å². The predicted octanol–water partition coefficient (Wildman–Crippen LogP) is 5.20. The van der Waals surface area contributed by atoms with Crippen LogP contribution in [0.1, 0.15) is 47.8 Å². The molecule has 0 radical (unpaired) electrons. The number of nitrogens with zero attached hydrogens (tertiary/aromatic N) is 4. The Balaban J connectivity index is 1.48. The van der Waals surface area contributed by atoms with Crippen molar-refractivity contribution in [2.24, 2.45) is 0 Å². The molecule has 1 fully saturated rings. The molecular weight excluding hydrogens is 435 g/mol. The molecule has 6 nitrogen and oxygen atoms in total. The average molecular weight is 454 g/mol. The van der Waals surface area contributed by atoms with Gasteiger partial charge in [-0.25, -0.2) is 8.78 Å². The lowest BCUT2D eigenvalue weighted by atomic mass is 10.2. The normalized spacial score (nSPS) is 13.8. The van der Waals surface area contributed by atoms with Crippen LogP contribution in [0.25, 0.3) is 0 Å². The molecule has 0 saturated heterocycles. The molecule has 1 aliphatic carbocycles. The summed E-state index contributed by atoms with van der Waals surface area (Å²) in [6.07, 6.45) is -1.09. The van der Waals surface area contributed by atoms with Crippen molar-refractivity contribution in [3.8, 4) is 0 Å². The van der Waals surface area contributed by atoms with Crippen molar-refractivity contribution >= 4 is 34.9 Å². The van der Waals surface area contributed by atoms with Gasteiger partial charge in [0.25, 0.3) is 6.43 Å². The lowest BCUT2D eigenvalue weighted by molar-refractivity contribution is -0.117. The number of aromatic nitrogens is 4. The fourth-order valence-electron chi connectivity index (χ4n) is 3.32. The summed E-state index contributed by atoms with van der Waals surface area (Å²) in [5, 5.41) is 11.6. The maximum atomic E-state index is 13.2. The number of nitrogens with one attached hydrogen (secondary N) is 1. The summed E-state index contributed by atoms with van der Waals surface area (Å²) < 4.78 is 29.3. The van der Waals surface area contributed by atoms with Crippen LogP contribution in [-0.2, 0) is 17.9 Å². The Morgan fingerprint density at radius 1 is 1.23 bits per heavy atom. The summed E-state index contributed by atoms with van der Waals surface area (Å²) >= 11 is 12.3. The van der Waals surface area contributed by atoms with E-state index in [1.54, 1.807) is 16.8 Å². The summed E-state index contributed by atoms with van der Waals surface area (Å²) in [6.45, 7) is 2.11. The number of carbonyl (C=O) groups is 1. The number of hydrogen-bond donors (Lipinski definition) is 1. The molecule has 0 atom stereocenters. The maximum Gasteiger partial charge on any atom is 0.283 e. The molecule has 3 aromatic rings. The Bertz CT molecular complexity index is 1090. The summed E-state index contributed by atoms with van der Waals surface area (Å²) in [4.78, 5) is 12.5. The third-order valence-electron chi connectivity index (χ3n) is 4.95. The zero-order valence-electron chi connectivity index (χ0n) is 16.1. The van der Waals surface area contributed by atoms with E-state index in [9.17, 15) is 13.6 Å². The Labute approximate surface area is 181 Å². The number of amides is 1. The van der Waals surface area contributed by atoms with E-state index in [2.05, 4.69) is 15.5 Å². The third-order valence-corrected chi connectivity index (χ3v) is 5.70. The maximum absolute atomic E-state index is 13.2. The molecule has 1 aliphatic rings. The monoisotopic (exact) mass is 453 g/mol. The summed E-state index contributed by atoms with van der Waals surface area (Å²) in [6, 6.07) is 9.19. The molecular formula is C20H19Cl2F2N5O. The van der Waals surface area contributed by atoms with E-state index < -0.39 is 18.0 Å². The van der Waals surface area contributed by atoms with E-state index in [0.717, 1.165) is 24.1 Å². The van der Waals surface area contributed by atoms with Gasteiger partial charge in [0, 0.05) is 22.7 Å². The quantitative estimate of drug-likeness (QED) is 0.534. The number of hydrogen-bond acceptors (Lipinski definition) is 3. The molecule has 30 heavy (non-hydrogen) atoms. The number of aryl methyl sites for hydroxylation is 1. The molecule has 1 aromatic carbocycles. The van der Waals surface area contributed by atoms with Crippen molar-refractivity contribution in [3.05, 3.63) is 63.0 Å². The molecule has 1 N–H and O–H groups in total. The smallest absolute Gasteiger partial charge is 0.283 e. The lowest BCUT2D eigenvalue weighted by Gasteiger charge is -2.07. The molecule has 0 unspecified atom stereocenters. The molecule has 4 rings (SSSR count). The first kappa shape index (κ1) is 20.8. The van der Waals surface area contributed by atoms with Crippen LogP contribution in [0.5, 0.6) is 0 Å². The molecule has 2 aromatic heterocycles. The third kappa shape index (κ3) is 4.34. The van der Waals surface area contributed by atoms with Crippen LogP contribution in [0.3, 0.4) is 0 Å². The highest BCUT2D eigenvalue weighted by Gasteiger charge is 2.34. The van der Waals surface area contributed by atoms with Gasteiger partial charge >= 0.3 is 0 Å². The van der Waals surface area contributed by atoms with E-state index in [1.807, 2.05) is 25.1 Å². The van der Waals surface area contributed by atoms with E-state index >= 15 is 0 Å². The highest BCUT2D eigenvalue weighted by atomic mass is 35.5. The zero-order valence-corrected chi connectivity index (χ0v) is 17.6. The topological polar surface area (TPSA) is 64.7 Å². The standard InChI is InChI=1S/C20H19Cl2F2N5O/c1-11-8-15(26-28(11)9-13-4-2-3-5-14(13)21)25-16(30)10-29-19(12-6-7-12)17(22)18(27-29)20(23)24/h2-5,8,12,20H,6-7,9-10H2,1H3,(H,25,26,30). The van der Waals surface area contributed by atoms with Crippen LogP contribution >= 0.6 is 23.2 Å². The Kier molecular flexibility index (Phi) is 5.79. The molecule has 2 heterocycles. The Morgan fingerprint density at radius 2 is 1.97 bits per heavy atom. The van der Waals surface area contributed by atoms with Gasteiger partial charge in [-0.05, 0) is 31.4 Å². The van der Waals surface area contributed by atoms with Crippen molar-refractivity contribution in [3.63, 3.8) is 0 Å². The number of rotatable bonds is 7. The van der Waals surface area contributed by atoms with Gasteiger partial charge in [-0.1, -0.05) is 41.4 Å². The van der Waals surface area contributed by atoms with Gasteiger partial charge in [-0.3, -0.25) is 14.2 Å². The van der Waals surface area contributed by atoms with Gasteiger partial charge in [0.05, 0.1) is 17.3 Å². The summed E-state index contributed by atoms with van der Waals surface area (Å²) in [5.41, 5.74) is 1.77. The summed E-state index contributed by atoms with van der Waals surface area (Å²) in [5.74, 6) is 0.0199. The van der Waals surface area contributed by atoms with Crippen LogP contribution in [0.2, 0.25) is 10.0 Å². The van der Waals surface area contributed by atoms with E-state index in [4.69, 9.17) is 23.2 Å². The van der Waals surface area contributed by atoms with Crippen LogP contribution in [0, 0.1) is 6.92 Å². The molecule has 0 aliphatic heterocycles. The first-order valence-corrected chi connectivity index (χ1v) is 10.2. The van der Waals surface area contributed by atoms with Gasteiger partial charge in [0.15, 0.2) is 5.82 Å². The molecule has 10 heteroatoms. The first-order chi connectivity index (χ1) is 14.3. The molecule has 0 bridgehead atoms. The van der Waals surface area contributed by atoms with Crippen LogP contribution in [-0.4, -0.2) is 25.5 Å². The number of anilines is 1. The molecule has 1 amide bonds. The Morgan fingerprint density at radius 3 is 2.63 bits per heavy atom. The fraction of sp³-hybridized carbons (Fsp3) is 0.350. The second-order valence-corrected chi connectivity index (χ2v) is 8.07. The largest absolute Gasteiger partial charge is 0.308 e. The fourth-order valence-corrected chi connectivity index (χ4v) is 3.88. The van der Waals surface area contributed by atoms with Gasteiger partial charge in [0.1, 0.15) is 12.2 Å². The highest BCUT2D eigenvalue weighted by Crippen LogP contribution is 2.45. The second kappa shape index (κ2) is 8.35. The van der Waals surface area contributed by atoms with Crippen molar-refractivity contribution in [2.45, 2.75) is 45.2 Å². The van der Waals surface area contributed by atoms with Crippen LogP contribution in [0.4, 0.5) is 14.6 Å². The van der Waals surface area contributed by atoms with E-state index in [0.29, 0.717) is 23.1 Å². The lowest BCUT2D eigenvalue weighted by Crippen LogP contribution is -2.21. The van der Waals surface area contributed by atoms with Gasteiger partial charge in [0.2, 0.25) is 5.91 Å². The molecule has 0 spiro atoms. The Hall–Kier alpha value is -2.45. The number of benzene rings is 1. The van der Waals surface area contributed by atoms with Gasteiger partial charge in [-0.2, -0.15) is 10.2 Å². The zero-order chi connectivity index (χ0) is 21.4. The number of halogens is 4. The average Bonchev–Trinajstić information content (AvgIpc) is 3.38. The minimum Gasteiger partial charge on any atom is -0.308 e. The van der Waals surface area contributed by atoms with E-state index in [1.165, 1.54) is 4.68 Å². The predicted molar refractivity (Wildman–Crippen MR) is 110 cm³/mol.